The summed E-state index contributed by atoms with van der Waals surface area (Å²) in [5.74, 6) is 3.39. The van der Waals surface area contributed by atoms with Crippen molar-refractivity contribution in [3.05, 3.63) is 34.9 Å². The van der Waals surface area contributed by atoms with Crippen LogP contribution < -0.4 is 0 Å². The Morgan fingerprint density at radius 2 is 1.74 bits per heavy atom. The molecule has 0 bridgehead atoms. The second kappa shape index (κ2) is 7.59. The summed E-state index contributed by atoms with van der Waals surface area (Å²) in [5, 5.41) is 0. The largest absolute Gasteiger partial charge is 0.462 e. The number of carbonyl (C=O) groups is 1. The third-order valence-corrected chi connectivity index (χ3v) is 12.3. The Morgan fingerprint density at radius 3 is 2.41 bits per heavy atom. The predicted molar refractivity (Wildman–Crippen MR) is 140 cm³/mol. The van der Waals surface area contributed by atoms with E-state index in [2.05, 4.69) is 73.6 Å². The average molecular weight is 465 g/mol. The predicted octanol–water partition coefficient (Wildman–Crippen LogP) is 8.29. The van der Waals surface area contributed by atoms with Gasteiger partial charge in [0.1, 0.15) is 6.10 Å². The molecule has 34 heavy (non-hydrogen) atoms. The second-order valence-corrected chi connectivity index (χ2v) is 14.1. The Bertz CT molecular complexity index is 981. The van der Waals surface area contributed by atoms with Crippen molar-refractivity contribution in [3.8, 4) is 0 Å². The zero-order valence-corrected chi connectivity index (χ0v) is 23.3. The normalized spacial score (nSPS) is 49.3. The van der Waals surface area contributed by atoms with E-state index in [0.717, 1.165) is 25.2 Å². The minimum atomic E-state index is -0.141. The molecule has 0 spiro atoms. The molecule has 5 rings (SSSR count). The van der Waals surface area contributed by atoms with Gasteiger partial charge < -0.3 is 4.74 Å². The van der Waals surface area contributed by atoms with E-state index in [1.165, 1.54) is 19.3 Å². The Balaban J connectivity index is 1.56. The van der Waals surface area contributed by atoms with E-state index >= 15 is 0 Å². The van der Waals surface area contributed by atoms with Crippen molar-refractivity contribution >= 4 is 5.97 Å². The summed E-state index contributed by atoms with van der Waals surface area (Å²) in [7, 11) is 0. The fourth-order valence-electron chi connectivity index (χ4n) is 10.2. The molecular weight excluding hydrogens is 416 g/mol. The van der Waals surface area contributed by atoms with Gasteiger partial charge in [-0.1, -0.05) is 83.4 Å². The summed E-state index contributed by atoms with van der Waals surface area (Å²) in [5.41, 5.74) is 5.60. The highest BCUT2D eigenvalue weighted by atomic mass is 16.5. The molecule has 0 unspecified atom stereocenters. The molecule has 9 atom stereocenters. The third kappa shape index (κ3) is 3.02. The lowest BCUT2D eigenvalue weighted by Gasteiger charge is -2.68. The summed E-state index contributed by atoms with van der Waals surface area (Å²) in [4.78, 5) is 11.9. The van der Waals surface area contributed by atoms with Gasteiger partial charge in [-0.2, -0.15) is 0 Å². The molecule has 5 aliphatic carbocycles. The van der Waals surface area contributed by atoms with Crippen molar-refractivity contribution in [1.29, 1.82) is 0 Å². The quantitative estimate of drug-likeness (QED) is 0.288. The first-order valence-corrected chi connectivity index (χ1v) is 14.0. The van der Waals surface area contributed by atoms with Crippen LogP contribution in [0, 0.1) is 51.2 Å². The number of carbonyl (C=O) groups excluding carboxylic acids is 1. The maximum atomic E-state index is 11.9. The monoisotopic (exact) mass is 464 g/mol. The van der Waals surface area contributed by atoms with Gasteiger partial charge in [0.2, 0.25) is 0 Å². The second-order valence-electron chi connectivity index (χ2n) is 14.1. The van der Waals surface area contributed by atoms with Crippen LogP contribution >= 0.6 is 0 Å². The molecule has 2 nitrogen and oxygen atoms in total. The van der Waals surface area contributed by atoms with Gasteiger partial charge in [-0.3, -0.25) is 4.79 Å². The standard InChI is InChI=1S/C32H48O2/c1-19-18-20(2)23-12-16-31(8)24(28(23)21(19)3)10-11-26-30(7)15-14-27(34-22(4)33)29(5,6)25(30)13-17-32(26,31)9/h10,13,18,20-21,23,26-28H,11-12,14-17H2,1-9H3/t20-,21-,23-,26+,27-,28+,30+,31-,32-/m1/s1. The Hall–Kier alpha value is -1.31. The molecule has 0 saturated heterocycles. The number of ether oxygens (including phenoxy) is 1. The molecular formula is C32H48O2. The number of hydrogen-bond donors (Lipinski definition) is 0. The van der Waals surface area contributed by atoms with Gasteiger partial charge in [-0.25, -0.2) is 0 Å². The average Bonchev–Trinajstić information content (AvgIpc) is 2.73. The highest BCUT2D eigenvalue weighted by molar-refractivity contribution is 5.66. The first-order chi connectivity index (χ1) is 15.8. The molecule has 0 amide bonds. The summed E-state index contributed by atoms with van der Waals surface area (Å²) >= 11 is 0. The van der Waals surface area contributed by atoms with Crippen LogP contribution in [0.1, 0.15) is 101 Å². The smallest absolute Gasteiger partial charge is 0.302 e. The van der Waals surface area contributed by atoms with E-state index in [-0.39, 0.29) is 33.7 Å². The minimum absolute atomic E-state index is 0.00580. The molecule has 0 N–H and O–H groups in total. The molecule has 2 fully saturated rings. The van der Waals surface area contributed by atoms with Crippen LogP contribution in [-0.4, -0.2) is 12.1 Å². The van der Waals surface area contributed by atoms with Crippen LogP contribution in [0.25, 0.3) is 0 Å². The molecule has 0 heterocycles. The van der Waals surface area contributed by atoms with Gasteiger partial charge in [0.15, 0.2) is 0 Å². The molecule has 5 aliphatic rings. The third-order valence-electron chi connectivity index (χ3n) is 12.3. The van der Waals surface area contributed by atoms with Gasteiger partial charge in [-0.15, -0.1) is 0 Å². The fraction of sp³-hybridized carbons (Fsp3) is 0.781. The van der Waals surface area contributed by atoms with Crippen molar-refractivity contribution in [2.75, 3.05) is 0 Å². The number of esters is 1. The van der Waals surface area contributed by atoms with E-state index in [0.29, 0.717) is 23.7 Å². The van der Waals surface area contributed by atoms with Gasteiger partial charge >= 0.3 is 5.97 Å². The summed E-state index contributed by atoms with van der Waals surface area (Å²) in [6.07, 6.45) is 15.1. The Morgan fingerprint density at radius 1 is 1.03 bits per heavy atom. The van der Waals surface area contributed by atoms with Crippen LogP contribution in [0.5, 0.6) is 0 Å². The van der Waals surface area contributed by atoms with E-state index in [1.54, 1.807) is 18.1 Å². The van der Waals surface area contributed by atoms with Gasteiger partial charge in [0.05, 0.1) is 0 Å². The van der Waals surface area contributed by atoms with Gasteiger partial charge in [0, 0.05) is 12.3 Å². The highest BCUT2D eigenvalue weighted by Gasteiger charge is 2.65. The van der Waals surface area contributed by atoms with Crippen LogP contribution in [-0.2, 0) is 9.53 Å². The minimum Gasteiger partial charge on any atom is -0.462 e. The molecule has 0 aromatic rings. The zero-order chi connectivity index (χ0) is 24.8. The lowest BCUT2D eigenvalue weighted by Crippen LogP contribution is -2.60. The van der Waals surface area contributed by atoms with E-state index in [4.69, 9.17) is 4.74 Å². The maximum absolute atomic E-state index is 11.9. The van der Waals surface area contributed by atoms with Crippen LogP contribution in [0.4, 0.5) is 0 Å². The highest BCUT2D eigenvalue weighted by Crippen LogP contribution is 2.73. The Kier molecular flexibility index (Phi) is 5.45. The fourth-order valence-corrected chi connectivity index (χ4v) is 10.2. The number of fused-ring (bicyclic) bond motifs is 7. The molecule has 2 saturated carbocycles. The van der Waals surface area contributed by atoms with Crippen LogP contribution in [0.15, 0.2) is 34.9 Å². The lowest BCUT2D eigenvalue weighted by molar-refractivity contribution is -0.158. The molecule has 0 aromatic carbocycles. The maximum Gasteiger partial charge on any atom is 0.302 e. The van der Waals surface area contributed by atoms with Gasteiger partial charge in [-0.05, 0) is 91.3 Å². The topological polar surface area (TPSA) is 26.3 Å². The Labute approximate surface area is 208 Å². The lowest BCUT2D eigenvalue weighted by atomic mass is 9.36. The van der Waals surface area contributed by atoms with Crippen LogP contribution in [0.2, 0.25) is 0 Å². The zero-order valence-electron chi connectivity index (χ0n) is 23.3. The van der Waals surface area contributed by atoms with Gasteiger partial charge in [0.25, 0.3) is 0 Å². The van der Waals surface area contributed by atoms with E-state index in [1.807, 2.05) is 5.57 Å². The van der Waals surface area contributed by atoms with Crippen molar-refractivity contribution in [2.45, 2.75) is 107 Å². The molecule has 188 valence electrons. The van der Waals surface area contributed by atoms with Crippen molar-refractivity contribution < 1.29 is 9.53 Å². The van der Waals surface area contributed by atoms with E-state index < -0.39 is 0 Å². The first kappa shape index (κ1) is 24.4. The first-order valence-electron chi connectivity index (χ1n) is 14.0. The number of rotatable bonds is 1. The van der Waals surface area contributed by atoms with E-state index in [9.17, 15) is 4.79 Å². The van der Waals surface area contributed by atoms with Crippen molar-refractivity contribution in [2.24, 2.45) is 51.2 Å². The number of hydrogen-bond acceptors (Lipinski definition) is 2. The summed E-state index contributed by atoms with van der Waals surface area (Å²) in [6, 6.07) is 0. The van der Waals surface area contributed by atoms with Crippen molar-refractivity contribution in [3.63, 3.8) is 0 Å². The van der Waals surface area contributed by atoms with Crippen molar-refractivity contribution in [1.82, 2.24) is 0 Å². The molecule has 0 radical (unpaired) electrons. The molecule has 0 aromatic heterocycles. The van der Waals surface area contributed by atoms with Crippen LogP contribution in [0.3, 0.4) is 0 Å². The SMILES string of the molecule is CC(=O)O[C@@H]1CC[C@@]2(C)C(=CC[C@]3(C)[C@H]2CC=C2[C@@H]4[C@H](CC[C@]23C)[C@H](C)C=C(C)[C@H]4C)C1(C)C. The molecule has 0 aliphatic heterocycles. The summed E-state index contributed by atoms with van der Waals surface area (Å²) < 4.78 is 5.86. The summed E-state index contributed by atoms with van der Waals surface area (Å²) in [6.45, 7) is 21.4. The number of allylic oxidation sites excluding steroid dienone is 5. The molecule has 2 heteroatoms.